The van der Waals surface area contributed by atoms with Gasteiger partial charge in [0.2, 0.25) is 0 Å². The van der Waals surface area contributed by atoms with Crippen molar-refractivity contribution < 1.29 is 0 Å². The van der Waals surface area contributed by atoms with Crippen molar-refractivity contribution >= 4 is 23.4 Å². The molecular weight excluding hydrogens is 156 g/mol. The van der Waals surface area contributed by atoms with Gasteiger partial charge >= 0.3 is 0 Å². The van der Waals surface area contributed by atoms with E-state index in [2.05, 4.69) is 17.7 Å². The summed E-state index contributed by atoms with van der Waals surface area (Å²) < 4.78 is 0. The fourth-order valence-corrected chi connectivity index (χ4v) is 0.854. The lowest BCUT2D eigenvalue weighted by Crippen LogP contribution is -2.10. The van der Waals surface area contributed by atoms with E-state index >= 15 is 0 Å². The summed E-state index contributed by atoms with van der Waals surface area (Å²) in [6.07, 6.45) is 1.89. The van der Waals surface area contributed by atoms with Crippen LogP contribution in [0, 0.1) is 11.5 Å². The van der Waals surface area contributed by atoms with E-state index in [4.69, 9.17) is 5.26 Å². The minimum atomic E-state index is 0.741. The molecule has 11 heavy (non-hydrogen) atoms. The van der Waals surface area contributed by atoms with Crippen LogP contribution in [0.3, 0.4) is 0 Å². The van der Waals surface area contributed by atoms with Crippen LogP contribution in [0.15, 0.2) is 30.3 Å². The van der Waals surface area contributed by atoms with Gasteiger partial charge in [0.1, 0.15) is 0 Å². The van der Waals surface area contributed by atoms with E-state index in [1.807, 2.05) is 24.4 Å². The third-order valence-corrected chi connectivity index (χ3v) is 1.39. The highest BCUT2D eigenvalue weighted by molar-refractivity contribution is 7.79. The van der Waals surface area contributed by atoms with Gasteiger partial charge in [-0.1, -0.05) is 30.4 Å². The average Bonchev–Trinajstić information content (AvgIpc) is 2.09. The van der Waals surface area contributed by atoms with Gasteiger partial charge in [0.25, 0.3) is 0 Å². The molecule has 0 aromatic heterocycles. The molecule has 0 bridgehead atoms. The molecule has 0 heterocycles. The van der Waals surface area contributed by atoms with Crippen LogP contribution in [-0.4, -0.2) is 5.49 Å². The molecule has 53 valence electrons. The number of hydrogen-bond acceptors (Lipinski definition) is 2. The van der Waals surface area contributed by atoms with Crippen LogP contribution in [0.4, 0.5) is 5.69 Å². The second kappa shape index (κ2) is 3.69. The summed E-state index contributed by atoms with van der Waals surface area (Å²) >= 11 is 4.51. The smallest absolute Gasteiger partial charge is 0.190 e. The molecule has 0 amide bonds. The van der Waals surface area contributed by atoms with Crippen molar-refractivity contribution in [2.24, 2.45) is 0 Å². The molecule has 0 aliphatic rings. The van der Waals surface area contributed by atoms with Crippen LogP contribution in [0.1, 0.15) is 0 Å². The van der Waals surface area contributed by atoms with Gasteiger partial charge in [-0.05, 0) is 12.1 Å². The lowest BCUT2D eigenvalue weighted by Gasteiger charge is -2.05. The number of para-hydroxylation sites is 1. The molecular formula is C8H5N2S. The number of nitriles is 1. The molecule has 1 radical (unpaired) electrons. The number of rotatable bonds is 2. The first-order chi connectivity index (χ1) is 5.38. The molecule has 1 aromatic carbocycles. The normalized spacial score (nSPS) is 8.27. The Labute approximate surface area is 70.7 Å². The lowest BCUT2D eigenvalue weighted by atomic mass is 10.3. The van der Waals surface area contributed by atoms with E-state index in [9.17, 15) is 0 Å². The molecule has 0 atom stereocenters. The van der Waals surface area contributed by atoms with Crippen molar-refractivity contribution in [3.63, 3.8) is 0 Å². The summed E-state index contributed by atoms with van der Waals surface area (Å²) in [6, 6.07) is 9.15. The summed E-state index contributed by atoms with van der Waals surface area (Å²) in [5.41, 5.74) is 3.06. The summed E-state index contributed by atoms with van der Waals surface area (Å²) in [7, 11) is 0. The second-order valence-electron chi connectivity index (χ2n) is 1.86. The predicted octanol–water partition coefficient (Wildman–Crippen LogP) is 1.81. The van der Waals surface area contributed by atoms with Crippen LogP contribution < -0.4 is 4.90 Å². The third-order valence-electron chi connectivity index (χ3n) is 1.21. The molecule has 0 aliphatic carbocycles. The van der Waals surface area contributed by atoms with Gasteiger partial charge in [-0.15, -0.1) is 0 Å². The van der Waals surface area contributed by atoms with Crippen molar-refractivity contribution in [3.05, 3.63) is 30.3 Å². The topological polar surface area (TPSA) is 27.0 Å². The molecule has 0 saturated carbocycles. The number of thiocarbonyl (C=S) groups is 1. The van der Waals surface area contributed by atoms with Crippen molar-refractivity contribution in [3.8, 4) is 6.19 Å². The molecule has 0 N–H and O–H groups in total. The molecule has 2 nitrogen and oxygen atoms in total. The van der Waals surface area contributed by atoms with E-state index in [0.29, 0.717) is 0 Å². The van der Waals surface area contributed by atoms with E-state index in [1.54, 1.807) is 12.1 Å². The molecule has 0 fully saturated rings. The maximum atomic E-state index is 8.53. The van der Waals surface area contributed by atoms with Gasteiger partial charge in [0.15, 0.2) is 11.7 Å². The highest BCUT2D eigenvalue weighted by atomic mass is 32.1. The Bertz CT molecular complexity index is 276. The number of anilines is 1. The van der Waals surface area contributed by atoms with Crippen LogP contribution in [0.25, 0.3) is 0 Å². The standard InChI is InChI=1S/C8H5N2S/c9-6-10(7-11)8-4-2-1-3-5-8/h1-5H. The first kappa shape index (κ1) is 7.70. The quantitative estimate of drug-likeness (QED) is 0.376. The van der Waals surface area contributed by atoms with Crippen LogP contribution in [-0.2, 0) is 0 Å². The highest BCUT2D eigenvalue weighted by Gasteiger charge is 1.98. The van der Waals surface area contributed by atoms with E-state index in [-0.39, 0.29) is 0 Å². The van der Waals surface area contributed by atoms with Gasteiger partial charge in [-0.3, -0.25) is 0 Å². The molecule has 1 aromatic rings. The Kier molecular flexibility index (Phi) is 2.59. The fraction of sp³-hybridized carbons (Fsp3) is 0. The third kappa shape index (κ3) is 1.76. The minimum absolute atomic E-state index is 0.741. The van der Waals surface area contributed by atoms with Crippen LogP contribution in [0.2, 0.25) is 0 Å². The molecule has 1 rings (SSSR count). The minimum Gasteiger partial charge on any atom is -0.234 e. The van der Waals surface area contributed by atoms with Crippen LogP contribution in [0.5, 0.6) is 0 Å². The highest BCUT2D eigenvalue weighted by Crippen LogP contribution is 2.09. The van der Waals surface area contributed by atoms with Crippen molar-refractivity contribution in [2.45, 2.75) is 0 Å². The molecule has 0 saturated heterocycles. The van der Waals surface area contributed by atoms with E-state index in [1.165, 1.54) is 4.90 Å². The molecule has 0 spiro atoms. The number of nitrogens with zero attached hydrogens (tertiary/aromatic N) is 2. The monoisotopic (exact) mass is 161 g/mol. The maximum absolute atomic E-state index is 8.53. The second-order valence-corrected chi connectivity index (χ2v) is 2.04. The zero-order valence-corrected chi connectivity index (χ0v) is 6.51. The summed E-state index contributed by atoms with van der Waals surface area (Å²) in [6.45, 7) is 0. The Morgan fingerprint density at radius 2 is 1.91 bits per heavy atom. The maximum Gasteiger partial charge on any atom is 0.190 e. The van der Waals surface area contributed by atoms with Crippen LogP contribution >= 0.6 is 12.2 Å². The Morgan fingerprint density at radius 1 is 1.27 bits per heavy atom. The predicted molar refractivity (Wildman–Crippen MR) is 47.1 cm³/mol. The molecule has 0 unspecified atom stereocenters. The van der Waals surface area contributed by atoms with E-state index < -0.39 is 0 Å². The van der Waals surface area contributed by atoms with Gasteiger partial charge in [-0.2, -0.15) is 5.26 Å². The number of hydrogen-bond donors (Lipinski definition) is 0. The van der Waals surface area contributed by atoms with Gasteiger partial charge in [0, 0.05) is 0 Å². The Balaban J connectivity index is 2.93. The average molecular weight is 161 g/mol. The van der Waals surface area contributed by atoms with Crippen molar-refractivity contribution in [1.29, 1.82) is 5.26 Å². The zero-order valence-electron chi connectivity index (χ0n) is 5.69. The lowest BCUT2D eigenvalue weighted by molar-refractivity contribution is 1.36. The summed E-state index contributed by atoms with van der Waals surface area (Å²) in [5, 5.41) is 8.53. The first-order valence-electron chi connectivity index (χ1n) is 3.01. The van der Waals surface area contributed by atoms with Gasteiger partial charge in [-0.25, -0.2) is 4.90 Å². The Morgan fingerprint density at radius 3 is 2.36 bits per heavy atom. The van der Waals surface area contributed by atoms with Gasteiger partial charge in [0.05, 0.1) is 5.69 Å². The summed E-state index contributed by atoms with van der Waals surface area (Å²) in [5.74, 6) is 0. The number of benzene rings is 1. The molecule has 3 heteroatoms. The van der Waals surface area contributed by atoms with Crippen molar-refractivity contribution in [2.75, 3.05) is 4.90 Å². The van der Waals surface area contributed by atoms with E-state index in [0.717, 1.165) is 5.69 Å². The zero-order chi connectivity index (χ0) is 8.10. The largest absolute Gasteiger partial charge is 0.234 e. The van der Waals surface area contributed by atoms with Crippen molar-refractivity contribution in [1.82, 2.24) is 0 Å². The van der Waals surface area contributed by atoms with Gasteiger partial charge < -0.3 is 0 Å². The Hall–Kier alpha value is -1.40. The SMILES string of the molecule is N#CN([C]=S)c1ccccc1. The first-order valence-corrected chi connectivity index (χ1v) is 3.42. The molecule has 0 aliphatic heterocycles. The summed E-state index contributed by atoms with van der Waals surface area (Å²) in [4.78, 5) is 1.20. The fourth-order valence-electron chi connectivity index (χ4n) is 0.708.